The van der Waals surface area contributed by atoms with Gasteiger partial charge >= 0.3 is 0 Å². The Kier molecular flexibility index (Phi) is 3.88. The van der Waals surface area contributed by atoms with Gasteiger partial charge in [0.15, 0.2) is 5.78 Å². The summed E-state index contributed by atoms with van der Waals surface area (Å²) in [6, 6.07) is 7.32. The number of hydrogen-bond acceptors (Lipinski definition) is 3. The molecule has 1 aliphatic rings. The Hall–Kier alpha value is -1.84. The van der Waals surface area contributed by atoms with Gasteiger partial charge in [0, 0.05) is 38.3 Å². The quantitative estimate of drug-likeness (QED) is 0.816. The molecule has 102 valence electrons. The number of carbonyl (C=O) groups excluding carboxylic acids is 2. The van der Waals surface area contributed by atoms with E-state index >= 15 is 0 Å². The number of ketones is 1. The molecule has 1 aliphatic heterocycles. The SMILES string of the molecule is CC(C(=O)N(C)C)N1CCCC(=O)c2ccccc21. The van der Waals surface area contributed by atoms with Gasteiger partial charge in [-0.3, -0.25) is 9.59 Å². The van der Waals surface area contributed by atoms with E-state index in [-0.39, 0.29) is 17.7 Å². The van der Waals surface area contributed by atoms with Crippen LogP contribution in [0.4, 0.5) is 5.69 Å². The Morgan fingerprint density at radius 1 is 1.32 bits per heavy atom. The molecule has 4 heteroatoms. The monoisotopic (exact) mass is 260 g/mol. The lowest BCUT2D eigenvalue weighted by Gasteiger charge is -2.31. The summed E-state index contributed by atoms with van der Waals surface area (Å²) in [5.41, 5.74) is 1.62. The molecule has 0 radical (unpaired) electrons. The van der Waals surface area contributed by atoms with Gasteiger partial charge in [-0.15, -0.1) is 0 Å². The fraction of sp³-hybridized carbons (Fsp3) is 0.467. The molecule has 1 unspecified atom stereocenters. The summed E-state index contributed by atoms with van der Waals surface area (Å²) in [5.74, 6) is 0.228. The van der Waals surface area contributed by atoms with Crippen molar-refractivity contribution < 1.29 is 9.59 Å². The third-order valence-corrected chi connectivity index (χ3v) is 3.58. The van der Waals surface area contributed by atoms with E-state index < -0.39 is 0 Å². The van der Waals surface area contributed by atoms with Gasteiger partial charge in [-0.25, -0.2) is 0 Å². The Morgan fingerprint density at radius 2 is 2.00 bits per heavy atom. The van der Waals surface area contributed by atoms with Crippen LogP contribution in [0.3, 0.4) is 0 Å². The van der Waals surface area contributed by atoms with Crippen LogP contribution in [0.1, 0.15) is 30.1 Å². The van der Waals surface area contributed by atoms with E-state index in [9.17, 15) is 9.59 Å². The highest BCUT2D eigenvalue weighted by molar-refractivity contribution is 6.02. The van der Waals surface area contributed by atoms with Crippen molar-refractivity contribution in [3.8, 4) is 0 Å². The van der Waals surface area contributed by atoms with E-state index in [4.69, 9.17) is 0 Å². The van der Waals surface area contributed by atoms with Crippen LogP contribution in [0, 0.1) is 0 Å². The van der Waals surface area contributed by atoms with Crippen molar-refractivity contribution in [3.05, 3.63) is 29.8 Å². The van der Waals surface area contributed by atoms with E-state index in [1.165, 1.54) is 0 Å². The van der Waals surface area contributed by atoms with Crippen LogP contribution in [0.2, 0.25) is 0 Å². The highest BCUT2D eigenvalue weighted by Crippen LogP contribution is 2.28. The number of hydrogen-bond donors (Lipinski definition) is 0. The third-order valence-electron chi connectivity index (χ3n) is 3.58. The summed E-state index contributed by atoms with van der Waals surface area (Å²) in [6.07, 6.45) is 1.34. The van der Waals surface area contributed by atoms with Crippen molar-refractivity contribution in [2.24, 2.45) is 0 Å². The van der Waals surface area contributed by atoms with Crippen LogP contribution in [0.15, 0.2) is 24.3 Å². The zero-order valence-electron chi connectivity index (χ0n) is 11.7. The topological polar surface area (TPSA) is 40.6 Å². The summed E-state index contributed by atoms with van der Waals surface area (Å²) in [5, 5.41) is 0. The van der Waals surface area contributed by atoms with Crippen molar-refractivity contribution in [2.75, 3.05) is 25.5 Å². The van der Waals surface area contributed by atoms with Gasteiger partial charge in [0.2, 0.25) is 5.91 Å². The number of fused-ring (bicyclic) bond motifs is 1. The molecule has 1 aromatic rings. The average molecular weight is 260 g/mol. The molecule has 1 atom stereocenters. The van der Waals surface area contributed by atoms with E-state index in [1.54, 1.807) is 19.0 Å². The first-order valence-corrected chi connectivity index (χ1v) is 6.62. The minimum atomic E-state index is -0.248. The maximum atomic E-state index is 12.1. The second kappa shape index (κ2) is 5.43. The zero-order valence-corrected chi connectivity index (χ0v) is 11.7. The number of benzene rings is 1. The molecule has 1 heterocycles. The number of anilines is 1. The standard InChI is InChI=1S/C15H20N2O2/c1-11(15(19)16(2)3)17-10-6-9-14(18)12-7-4-5-8-13(12)17/h4-5,7-8,11H,6,9-10H2,1-3H3. The largest absolute Gasteiger partial charge is 0.359 e. The van der Waals surface area contributed by atoms with Gasteiger partial charge in [-0.2, -0.15) is 0 Å². The maximum absolute atomic E-state index is 12.1. The second-order valence-electron chi connectivity index (χ2n) is 5.15. The first kappa shape index (κ1) is 13.6. The number of amides is 1. The Bertz CT molecular complexity index is 497. The summed E-state index contributed by atoms with van der Waals surface area (Å²) in [6.45, 7) is 2.64. The third kappa shape index (κ3) is 2.62. The van der Waals surface area contributed by atoms with Crippen molar-refractivity contribution >= 4 is 17.4 Å². The molecule has 0 aromatic heterocycles. The van der Waals surface area contributed by atoms with E-state index in [2.05, 4.69) is 0 Å². The van der Waals surface area contributed by atoms with E-state index in [0.717, 1.165) is 24.2 Å². The summed E-state index contributed by atoms with van der Waals surface area (Å²) in [4.78, 5) is 27.8. The normalized spacial score (nSPS) is 16.6. The van der Waals surface area contributed by atoms with E-state index in [1.807, 2.05) is 36.1 Å². The zero-order chi connectivity index (χ0) is 14.0. The number of para-hydroxylation sites is 1. The van der Waals surface area contributed by atoms with Gasteiger partial charge in [0.1, 0.15) is 6.04 Å². The van der Waals surface area contributed by atoms with Gasteiger partial charge in [-0.1, -0.05) is 12.1 Å². The fourth-order valence-corrected chi connectivity index (χ4v) is 2.53. The van der Waals surface area contributed by atoms with Crippen LogP contribution in [-0.2, 0) is 4.79 Å². The molecule has 19 heavy (non-hydrogen) atoms. The van der Waals surface area contributed by atoms with Crippen molar-refractivity contribution in [1.82, 2.24) is 4.90 Å². The van der Waals surface area contributed by atoms with Crippen LogP contribution in [0.5, 0.6) is 0 Å². The predicted octanol–water partition coefficient (Wildman–Crippen LogP) is 1.95. The highest BCUT2D eigenvalue weighted by atomic mass is 16.2. The first-order valence-electron chi connectivity index (χ1n) is 6.62. The minimum Gasteiger partial charge on any atom is -0.359 e. The smallest absolute Gasteiger partial charge is 0.244 e. The maximum Gasteiger partial charge on any atom is 0.244 e. The molecule has 0 bridgehead atoms. The molecule has 0 saturated heterocycles. The molecule has 4 nitrogen and oxygen atoms in total. The molecule has 0 spiro atoms. The number of nitrogens with zero attached hydrogens (tertiary/aromatic N) is 2. The number of Topliss-reactive ketones (excluding diaryl/α,β-unsaturated/α-hetero) is 1. The molecule has 0 aliphatic carbocycles. The fourth-order valence-electron chi connectivity index (χ4n) is 2.53. The molecular formula is C15H20N2O2. The van der Waals surface area contributed by atoms with Crippen molar-refractivity contribution in [2.45, 2.75) is 25.8 Å². The first-order chi connectivity index (χ1) is 9.02. The average Bonchev–Trinajstić information content (AvgIpc) is 2.57. The Balaban J connectivity index is 2.38. The lowest BCUT2D eigenvalue weighted by molar-refractivity contribution is -0.129. The molecule has 0 saturated carbocycles. The summed E-state index contributed by atoms with van der Waals surface area (Å²) in [7, 11) is 3.52. The van der Waals surface area contributed by atoms with Crippen LogP contribution in [-0.4, -0.2) is 43.3 Å². The van der Waals surface area contributed by atoms with Crippen molar-refractivity contribution in [1.29, 1.82) is 0 Å². The summed E-state index contributed by atoms with van der Waals surface area (Å²) >= 11 is 0. The lowest BCUT2D eigenvalue weighted by Crippen LogP contribution is -2.45. The molecule has 2 rings (SSSR count). The number of carbonyl (C=O) groups is 2. The highest BCUT2D eigenvalue weighted by Gasteiger charge is 2.28. The number of rotatable bonds is 2. The van der Waals surface area contributed by atoms with Crippen LogP contribution in [0.25, 0.3) is 0 Å². The molecular weight excluding hydrogens is 240 g/mol. The second-order valence-corrected chi connectivity index (χ2v) is 5.15. The molecule has 1 aromatic carbocycles. The molecule has 1 amide bonds. The minimum absolute atomic E-state index is 0.0594. The van der Waals surface area contributed by atoms with Gasteiger partial charge in [0.25, 0.3) is 0 Å². The number of likely N-dealkylation sites (N-methyl/N-ethyl adjacent to an activating group) is 1. The molecule has 0 N–H and O–H groups in total. The Morgan fingerprint density at radius 3 is 2.68 bits per heavy atom. The summed E-state index contributed by atoms with van der Waals surface area (Å²) < 4.78 is 0. The van der Waals surface area contributed by atoms with Gasteiger partial charge in [0.05, 0.1) is 0 Å². The predicted molar refractivity (Wildman–Crippen MR) is 75.5 cm³/mol. The molecule has 0 fully saturated rings. The lowest BCUT2D eigenvalue weighted by atomic mass is 10.1. The Labute approximate surface area is 114 Å². The van der Waals surface area contributed by atoms with Crippen LogP contribution < -0.4 is 4.90 Å². The van der Waals surface area contributed by atoms with Crippen LogP contribution >= 0.6 is 0 Å². The van der Waals surface area contributed by atoms with Gasteiger partial charge in [-0.05, 0) is 25.5 Å². The van der Waals surface area contributed by atoms with Crippen molar-refractivity contribution in [3.63, 3.8) is 0 Å². The van der Waals surface area contributed by atoms with E-state index in [0.29, 0.717) is 6.42 Å². The van der Waals surface area contributed by atoms with Gasteiger partial charge < -0.3 is 9.80 Å².